The largest absolute Gasteiger partial charge is 0.339 e. The number of benzene rings is 1. The van der Waals surface area contributed by atoms with Gasteiger partial charge < -0.3 is 9.80 Å². The first-order valence-corrected chi connectivity index (χ1v) is 13.2. The third-order valence-corrected chi connectivity index (χ3v) is 8.78. The Hall–Kier alpha value is -2.09. The van der Waals surface area contributed by atoms with Crippen LogP contribution in [-0.2, 0) is 14.8 Å². The van der Waals surface area contributed by atoms with Crippen LogP contribution in [0.2, 0.25) is 0 Å². The third-order valence-electron chi connectivity index (χ3n) is 6.91. The normalized spacial score (nSPS) is 22.0. The number of piperazine rings is 1. The molecule has 0 bridgehead atoms. The van der Waals surface area contributed by atoms with Crippen molar-refractivity contribution in [2.45, 2.75) is 51.4 Å². The lowest BCUT2D eigenvalue weighted by molar-refractivity contribution is -0.133. The van der Waals surface area contributed by atoms with Gasteiger partial charge in [0.05, 0.1) is 11.4 Å². The van der Waals surface area contributed by atoms with E-state index in [1.165, 1.54) is 36.4 Å². The molecule has 3 fully saturated rings. The van der Waals surface area contributed by atoms with Crippen LogP contribution in [0.5, 0.6) is 0 Å². The van der Waals surface area contributed by atoms with Crippen LogP contribution in [0.1, 0.15) is 61.7 Å². The van der Waals surface area contributed by atoms with Crippen molar-refractivity contribution < 1.29 is 18.0 Å². The maximum absolute atomic E-state index is 12.9. The molecule has 8 heteroatoms. The number of rotatable bonds is 5. The van der Waals surface area contributed by atoms with E-state index >= 15 is 0 Å². The molecule has 1 aliphatic carbocycles. The Balaban J connectivity index is 1.26. The molecule has 0 spiro atoms. The lowest BCUT2D eigenvalue weighted by Gasteiger charge is -2.35. The monoisotopic (exact) mass is 447 g/mol. The van der Waals surface area contributed by atoms with E-state index in [0.29, 0.717) is 62.7 Å². The molecule has 0 atom stereocenters. The zero-order valence-electron chi connectivity index (χ0n) is 18.2. The smallest absolute Gasteiger partial charge is 0.253 e. The first-order chi connectivity index (χ1) is 14.9. The van der Waals surface area contributed by atoms with Crippen molar-refractivity contribution in [1.29, 1.82) is 0 Å². The molecule has 0 N–H and O–H groups in total. The maximum Gasteiger partial charge on any atom is 0.253 e. The van der Waals surface area contributed by atoms with E-state index in [4.69, 9.17) is 0 Å². The van der Waals surface area contributed by atoms with Gasteiger partial charge in [-0.3, -0.25) is 13.9 Å². The second kappa shape index (κ2) is 9.59. The van der Waals surface area contributed by atoms with Gasteiger partial charge in [-0.05, 0) is 43.0 Å². The number of nitrogens with zero attached hydrogens (tertiary/aromatic N) is 3. The highest BCUT2D eigenvalue weighted by molar-refractivity contribution is 7.93. The van der Waals surface area contributed by atoms with E-state index in [-0.39, 0.29) is 17.6 Å². The predicted molar refractivity (Wildman–Crippen MR) is 120 cm³/mol. The van der Waals surface area contributed by atoms with Gasteiger partial charge in [-0.2, -0.15) is 0 Å². The van der Waals surface area contributed by atoms with E-state index < -0.39 is 10.0 Å². The summed E-state index contributed by atoms with van der Waals surface area (Å²) in [5.41, 5.74) is 1.17. The molecule has 170 valence electrons. The molecule has 2 saturated heterocycles. The molecule has 2 heterocycles. The lowest BCUT2D eigenvalue weighted by atomic mass is 9.86. The molecule has 7 nitrogen and oxygen atoms in total. The Labute approximate surface area is 185 Å². The van der Waals surface area contributed by atoms with E-state index in [2.05, 4.69) is 0 Å². The minimum absolute atomic E-state index is 0.0647. The molecule has 0 unspecified atom stereocenters. The number of sulfonamides is 1. The summed E-state index contributed by atoms with van der Waals surface area (Å²) >= 11 is 0. The fraction of sp³-hybridized carbons (Fsp3) is 0.652. The van der Waals surface area contributed by atoms with Crippen LogP contribution in [0.15, 0.2) is 24.3 Å². The average Bonchev–Trinajstić information content (AvgIpc) is 3.16. The summed E-state index contributed by atoms with van der Waals surface area (Å²) in [4.78, 5) is 29.1. The van der Waals surface area contributed by atoms with Gasteiger partial charge in [0, 0.05) is 44.7 Å². The van der Waals surface area contributed by atoms with Crippen molar-refractivity contribution in [3.63, 3.8) is 0 Å². The van der Waals surface area contributed by atoms with Gasteiger partial charge >= 0.3 is 0 Å². The standard InChI is InChI=1S/C23H33N3O4S/c27-22(12-7-19-5-2-1-3-6-19)24-14-16-25(17-15-24)23(28)20-8-10-21(11-9-20)26-13-4-18-31(26,29)30/h8-11,19H,1-7,12-18H2. The van der Waals surface area contributed by atoms with Gasteiger partial charge in [-0.25, -0.2) is 8.42 Å². The molecule has 2 amide bonds. The summed E-state index contributed by atoms with van der Waals surface area (Å²) < 4.78 is 25.6. The number of anilines is 1. The van der Waals surface area contributed by atoms with E-state index in [1.54, 1.807) is 29.2 Å². The number of carbonyl (C=O) groups excluding carboxylic acids is 2. The molecule has 1 aromatic carbocycles. The lowest BCUT2D eigenvalue weighted by Crippen LogP contribution is -2.50. The molecule has 3 aliphatic rings. The molecule has 1 aromatic rings. The minimum atomic E-state index is -3.22. The zero-order valence-corrected chi connectivity index (χ0v) is 19.0. The summed E-state index contributed by atoms with van der Waals surface area (Å²) in [6.45, 7) is 2.73. The number of hydrogen-bond donors (Lipinski definition) is 0. The van der Waals surface area contributed by atoms with Gasteiger partial charge in [-0.15, -0.1) is 0 Å². The summed E-state index contributed by atoms with van der Waals surface area (Å²) in [5, 5.41) is 0. The Morgan fingerprint density at radius 1 is 0.839 bits per heavy atom. The molecular formula is C23H33N3O4S. The number of carbonyl (C=O) groups is 2. The van der Waals surface area contributed by atoms with Crippen LogP contribution in [0.3, 0.4) is 0 Å². The highest BCUT2D eigenvalue weighted by Crippen LogP contribution is 2.28. The molecule has 31 heavy (non-hydrogen) atoms. The van der Waals surface area contributed by atoms with Crippen LogP contribution in [-0.4, -0.2) is 68.5 Å². The SMILES string of the molecule is O=C(CCC1CCCCC1)N1CCN(C(=O)c2ccc(N3CCCS3(=O)=O)cc2)CC1. The van der Waals surface area contributed by atoms with Crippen LogP contribution >= 0.6 is 0 Å². The van der Waals surface area contributed by atoms with Gasteiger partial charge in [-0.1, -0.05) is 32.1 Å². The van der Waals surface area contributed by atoms with Crippen LogP contribution in [0.4, 0.5) is 5.69 Å². The van der Waals surface area contributed by atoms with E-state index in [9.17, 15) is 18.0 Å². The fourth-order valence-corrected chi connectivity index (χ4v) is 6.57. The van der Waals surface area contributed by atoms with Crippen molar-refractivity contribution in [3.8, 4) is 0 Å². The van der Waals surface area contributed by atoms with Crippen molar-refractivity contribution in [1.82, 2.24) is 9.80 Å². The van der Waals surface area contributed by atoms with Gasteiger partial charge in [0.25, 0.3) is 5.91 Å². The minimum Gasteiger partial charge on any atom is -0.339 e. The van der Waals surface area contributed by atoms with Crippen LogP contribution in [0, 0.1) is 5.92 Å². The topological polar surface area (TPSA) is 78.0 Å². The molecular weight excluding hydrogens is 414 g/mol. The van der Waals surface area contributed by atoms with Gasteiger partial charge in [0.2, 0.25) is 15.9 Å². The van der Waals surface area contributed by atoms with Crippen molar-refractivity contribution >= 4 is 27.5 Å². The first kappa shape index (κ1) is 22.1. The second-order valence-corrected chi connectivity index (χ2v) is 11.0. The van der Waals surface area contributed by atoms with E-state index in [1.807, 2.05) is 4.90 Å². The van der Waals surface area contributed by atoms with Crippen molar-refractivity contribution in [2.75, 3.05) is 42.8 Å². The summed E-state index contributed by atoms with van der Waals surface area (Å²) in [7, 11) is -3.22. The highest BCUT2D eigenvalue weighted by atomic mass is 32.2. The average molecular weight is 448 g/mol. The number of amides is 2. The van der Waals surface area contributed by atoms with Crippen LogP contribution in [0.25, 0.3) is 0 Å². The van der Waals surface area contributed by atoms with Crippen LogP contribution < -0.4 is 4.31 Å². The molecule has 0 aromatic heterocycles. The second-order valence-electron chi connectivity index (χ2n) is 9.00. The quantitative estimate of drug-likeness (QED) is 0.695. The first-order valence-electron chi connectivity index (χ1n) is 11.6. The highest BCUT2D eigenvalue weighted by Gasteiger charge is 2.29. The Bertz CT molecular complexity index is 886. The summed E-state index contributed by atoms with van der Waals surface area (Å²) in [6, 6.07) is 6.82. The Morgan fingerprint density at radius 2 is 1.48 bits per heavy atom. The Kier molecular flexibility index (Phi) is 6.84. The van der Waals surface area contributed by atoms with Gasteiger partial charge in [0.15, 0.2) is 0 Å². The third kappa shape index (κ3) is 5.22. The zero-order chi connectivity index (χ0) is 21.8. The van der Waals surface area contributed by atoms with Crippen molar-refractivity contribution in [2.24, 2.45) is 5.92 Å². The maximum atomic E-state index is 12.9. The summed E-state index contributed by atoms with van der Waals surface area (Å²) in [5.74, 6) is 1.04. The van der Waals surface area contributed by atoms with E-state index in [0.717, 1.165) is 6.42 Å². The number of hydrogen-bond acceptors (Lipinski definition) is 4. The molecule has 4 rings (SSSR count). The predicted octanol–water partition coefficient (Wildman–Crippen LogP) is 2.87. The van der Waals surface area contributed by atoms with Gasteiger partial charge in [0.1, 0.15) is 0 Å². The fourth-order valence-electron chi connectivity index (χ4n) is 5.00. The molecule has 2 aliphatic heterocycles. The molecule has 0 radical (unpaired) electrons. The Morgan fingerprint density at radius 3 is 2.10 bits per heavy atom. The summed E-state index contributed by atoms with van der Waals surface area (Å²) in [6.07, 6.45) is 8.71. The van der Waals surface area contributed by atoms with Crippen molar-refractivity contribution in [3.05, 3.63) is 29.8 Å². The molecule has 1 saturated carbocycles.